The molecule has 0 saturated carbocycles. The van der Waals surface area contributed by atoms with Crippen molar-refractivity contribution < 1.29 is 19.1 Å². The summed E-state index contributed by atoms with van der Waals surface area (Å²) >= 11 is 0. The molecule has 0 fully saturated rings. The Morgan fingerprint density at radius 1 is 1.11 bits per heavy atom. The first-order chi connectivity index (χ1) is 13.6. The minimum atomic E-state index is -1.38. The first-order valence-electron chi connectivity index (χ1n) is 8.81. The number of rotatable bonds is 7. The summed E-state index contributed by atoms with van der Waals surface area (Å²) < 4.78 is 10.1. The van der Waals surface area contributed by atoms with E-state index < -0.39 is 11.4 Å². The SMILES string of the molecule is C=CCC1(C(=O)OC)C(=O)C(C=Nc2ccc(OC)cc2)=C1c1ccccc1. The van der Waals surface area contributed by atoms with Crippen molar-refractivity contribution in [1.29, 1.82) is 0 Å². The van der Waals surface area contributed by atoms with Crippen LogP contribution >= 0.6 is 0 Å². The van der Waals surface area contributed by atoms with E-state index in [9.17, 15) is 9.59 Å². The third-order valence-corrected chi connectivity index (χ3v) is 4.79. The molecule has 0 heterocycles. The normalized spacial score (nSPS) is 18.7. The zero-order chi connectivity index (χ0) is 20.1. The topological polar surface area (TPSA) is 65.0 Å². The van der Waals surface area contributed by atoms with Gasteiger partial charge in [-0.1, -0.05) is 36.4 Å². The Kier molecular flexibility index (Phi) is 5.54. The summed E-state index contributed by atoms with van der Waals surface area (Å²) in [4.78, 5) is 30.1. The molecule has 1 unspecified atom stereocenters. The van der Waals surface area contributed by atoms with Crippen LogP contribution in [0.4, 0.5) is 5.69 Å². The molecule has 1 aliphatic rings. The number of nitrogens with zero attached hydrogens (tertiary/aromatic N) is 1. The molecule has 1 aliphatic carbocycles. The van der Waals surface area contributed by atoms with Crippen LogP contribution in [0.1, 0.15) is 12.0 Å². The minimum absolute atomic E-state index is 0.169. The lowest BCUT2D eigenvalue weighted by Crippen LogP contribution is -2.50. The number of carbonyl (C=O) groups excluding carboxylic acids is 2. The van der Waals surface area contributed by atoms with Gasteiger partial charge < -0.3 is 9.47 Å². The zero-order valence-corrected chi connectivity index (χ0v) is 15.8. The number of methoxy groups -OCH3 is 2. The largest absolute Gasteiger partial charge is 0.497 e. The second kappa shape index (κ2) is 8.05. The second-order valence-electron chi connectivity index (χ2n) is 6.33. The molecule has 0 spiro atoms. The fourth-order valence-electron chi connectivity index (χ4n) is 3.43. The van der Waals surface area contributed by atoms with Gasteiger partial charge in [0.2, 0.25) is 0 Å². The van der Waals surface area contributed by atoms with Crippen LogP contribution in [0.5, 0.6) is 5.75 Å². The van der Waals surface area contributed by atoms with Crippen molar-refractivity contribution in [3.05, 3.63) is 78.4 Å². The lowest BCUT2D eigenvalue weighted by Gasteiger charge is -2.40. The van der Waals surface area contributed by atoms with Crippen LogP contribution in [-0.4, -0.2) is 32.2 Å². The van der Waals surface area contributed by atoms with E-state index in [1.165, 1.54) is 13.3 Å². The van der Waals surface area contributed by atoms with Gasteiger partial charge in [0.25, 0.3) is 0 Å². The van der Waals surface area contributed by atoms with Gasteiger partial charge in [-0.15, -0.1) is 6.58 Å². The molecule has 142 valence electrons. The van der Waals surface area contributed by atoms with Crippen LogP contribution in [0, 0.1) is 5.41 Å². The molecule has 0 amide bonds. The van der Waals surface area contributed by atoms with E-state index in [4.69, 9.17) is 9.47 Å². The number of ether oxygens (including phenoxy) is 2. The molecule has 5 heteroatoms. The van der Waals surface area contributed by atoms with E-state index >= 15 is 0 Å². The van der Waals surface area contributed by atoms with Gasteiger partial charge in [-0.2, -0.15) is 0 Å². The van der Waals surface area contributed by atoms with E-state index in [2.05, 4.69) is 11.6 Å². The van der Waals surface area contributed by atoms with Gasteiger partial charge >= 0.3 is 5.97 Å². The maximum atomic E-state index is 13.1. The number of allylic oxidation sites excluding steroid dienone is 2. The van der Waals surface area contributed by atoms with Crippen molar-refractivity contribution in [2.75, 3.05) is 14.2 Å². The Labute approximate surface area is 164 Å². The van der Waals surface area contributed by atoms with E-state index in [0.717, 1.165) is 11.3 Å². The summed E-state index contributed by atoms with van der Waals surface area (Å²) in [5, 5.41) is 0. The lowest BCUT2D eigenvalue weighted by atomic mass is 9.59. The van der Waals surface area contributed by atoms with Gasteiger partial charge in [0.1, 0.15) is 5.75 Å². The van der Waals surface area contributed by atoms with Crippen LogP contribution in [0.2, 0.25) is 0 Å². The van der Waals surface area contributed by atoms with Crippen molar-refractivity contribution in [1.82, 2.24) is 0 Å². The molecule has 3 rings (SSSR count). The molecule has 0 aliphatic heterocycles. The first kappa shape index (κ1) is 19.3. The Bertz CT molecular complexity index is 958. The van der Waals surface area contributed by atoms with Crippen molar-refractivity contribution in [3.8, 4) is 5.75 Å². The van der Waals surface area contributed by atoms with Crippen LogP contribution in [-0.2, 0) is 14.3 Å². The molecule has 0 bridgehead atoms. The first-order valence-corrected chi connectivity index (χ1v) is 8.81. The Morgan fingerprint density at radius 3 is 2.36 bits per heavy atom. The number of ketones is 1. The maximum Gasteiger partial charge on any atom is 0.324 e. The maximum absolute atomic E-state index is 13.1. The third-order valence-electron chi connectivity index (χ3n) is 4.79. The quantitative estimate of drug-likeness (QED) is 0.315. The molecule has 0 radical (unpaired) electrons. The predicted molar refractivity (Wildman–Crippen MR) is 109 cm³/mol. The average Bonchev–Trinajstić information content (AvgIpc) is 2.75. The highest BCUT2D eigenvalue weighted by atomic mass is 16.5. The van der Waals surface area contributed by atoms with Gasteiger partial charge in [0.05, 0.1) is 19.9 Å². The third kappa shape index (κ3) is 3.16. The van der Waals surface area contributed by atoms with Gasteiger partial charge in [-0.05, 0) is 41.8 Å². The Hall–Kier alpha value is -3.47. The monoisotopic (exact) mass is 375 g/mol. The van der Waals surface area contributed by atoms with Gasteiger partial charge in [-0.3, -0.25) is 14.6 Å². The van der Waals surface area contributed by atoms with E-state index in [-0.39, 0.29) is 12.2 Å². The number of Topliss-reactive ketones (excluding diaryl/α,β-unsaturated/α-hetero) is 1. The predicted octanol–water partition coefficient (Wildman–Crippen LogP) is 4.17. The summed E-state index contributed by atoms with van der Waals surface area (Å²) in [5.41, 5.74) is 1.09. The number of hydrogen-bond acceptors (Lipinski definition) is 5. The van der Waals surface area contributed by atoms with E-state index in [0.29, 0.717) is 16.8 Å². The second-order valence-corrected chi connectivity index (χ2v) is 6.33. The molecule has 2 aromatic carbocycles. The number of esters is 1. The number of benzene rings is 2. The molecule has 5 nitrogen and oxygen atoms in total. The number of hydrogen-bond donors (Lipinski definition) is 0. The molecule has 28 heavy (non-hydrogen) atoms. The van der Waals surface area contributed by atoms with Gasteiger partial charge in [0, 0.05) is 11.8 Å². The van der Waals surface area contributed by atoms with Crippen molar-refractivity contribution in [3.63, 3.8) is 0 Å². The molecular weight excluding hydrogens is 354 g/mol. The highest BCUT2D eigenvalue weighted by Gasteiger charge is 2.59. The summed E-state index contributed by atoms with van der Waals surface area (Å²) in [6.07, 6.45) is 3.24. The number of carbonyl (C=O) groups is 2. The highest BCUT2D eigenvalue weighted by Crippen LogP contribution is 2.52. The molecule has 1 atom stereocenters. The van der Waals surface area contributed by atoms with Crippen LogP contribution in [0.3, 0.4) is 0 Å². The van der Waals surface area contributed by atoms with Crippen LogP contribution in [0.25, 0.3) is 5.57 Å². The van der Waals surface area contributed by atoms with E-state index in [1.807, 2.05) is 30.3 Å². The number of aliphatic imine (C=N–C) groups is 1. The molecule has 0 saturated heterocycles. The molecule has 0 N–H and O–H groups in total. The Morgan fingerprint density at radius 2 is 1.79 bits per heavy atom. The minimum Gasteiger partial charge on any atom is -0.497 e. The average molecular weight is 375 g/mol. The van der Waals surface area contributed by atoms with Crippen LogP contribution in [0.15, 0.2) is 77.8 Å². The molecular formula is C23H21NO4. The van der Waals surface area contributed by atoms with Gasteiger partial charge in [-0.25, -0.2) is 0 Å². The standard InChI is InChI=1S/C23H21NO4/c1-4-14-23(22(26)28-3)20(16-8-6-5-7-9-16)19(21(23)25)15-24-17-10-12-18(27-2)13-11-17/h4-13,15H,1,14H2,2-3H3. The Balaban J connectivity index is 2.09. The van der Waals surface area contributed by atoms with Gasteiger partial charge in [0.15, 0.2) is 11.2 Å². The molecule has 2 aromatic rings. The fourth-order valence-corrected chi connectivity index (χ4v) is 3.43. The summed E-state index contributed by atoms with van der Waals surface area (Å²) in [6, 6.07) is 16.5. The lowest BCUT2D eigenvalue weighted by molar-refractivity contribution is -0.153. The van der Waals surface area contributed by atoms with Crippen molar-refractivity contribution >= 4 is 29.2 Å². The zero-order valence-electron chi connectivity index (χ0n) is 15.8. The smallest absolute Gasteiger partial charge is 0.324 e. The fraction of sp³-hybridized carbons (Fsp3) is 0.174. The molecule has 0 aromatic heterocycles. The summed E-state index contributed by atoms with van der Waals surface area (Å²) in [5.74, 6) is -0.174. The van der Waals surface area contributed by atoms with Crippen molar-refractivity contribution in [2.24, 2.45) is 10.4 Å². The summed E-state index contributed by atoms with van der Waals surface area (Å²) in [6.45, 7) is 3.71. The van der Waals surface area contributed by atoms with E-state index in [1.54, 1.807) is 37.5 Å². The highest BCUT2D eigenvalue weighted by molar-refractivity contribution is 6.40. The van der Waals surface area contributed by atoms with Crippen LogP contribution < -0.4 is 4.74 Å². The van der Waals surface area contributed by atoms with Crippen molar-refractivity contribution in [2.45, 2.75) is 6.42 Å². The summed E-state index contributed by atoms with van der Waals surface area (Å²) in [7, 11) is 2.88.